The molecule has 1 aromatic carbocycles. The van der Waals surface area contributed by atoms with E-state index in [4.69, 9.17) is 5.11 Å². The number of hydrogen-bond acceptors (Lipinski definition) is 2. The number of nitrogens with one attached hydrogen (secondary N) is 2. The highest BCUT2D eigenvalue weighted by Gasteiger charge is 2.28. The van der Waals surface area contributed by atoms with E-state index in [1.165, 1.54) is 19.4 Å². The van der Waals surface area contributed by atoms with Crippen molar-refractivity contribution in [2.24, 2.45) is 0 Å². The number of carbonyl (C=O) groups excluding carboxylic acids is 1. The number of amides is 2. The zero-order valence-electron chi connectivity index (χ0n) is 13.3. The Morgan fingerprint density at radius 2 is 1.57 bits per heavy atom. The molecule has 0 aliphatic carbocycles. The van der Waals surface area contributed by atoms with Gasteiger partial charge in [0.05, 0.1) is 0 Å². The summed E-state index contributed by atoms with van der Waals surface area (Å²) in [6, 6.07) is 7.50. The Labute approximate surface area is 125 Å². The maximum Gasteiger partial charge on any atom is 0.328 e. The predicted octanol–water partition coefficient (Wildman–Crippen LogP) is 2.65. The molecule has 116 valence electrons. The average Bonchev–Trinajstić information content (AvgIpc) is 2.35. The maximum absolute atomic E-state index is 11.7. The van der Waals surface area contributed by atoms with Gasteiger partial charge in [-0.15, -0.1) is 0 Å². The molecular formula is C16H24N2O3. The van der Waals surface area contributed by atoms with Crippen molar-refractivity contribution in [1.82, 2.24) is 10.6 Å². The molecule has 3 N–H and O–H groups in total. The van der Waals surface area contributed by atoms with Gasteiger partial charge in [0, 0.05) is 6.54 Å². The molecule has 2 amide bonds. The van der Waals surface area contributed by atoms with E-state index in [9.17, 15) is 9.59 Å². The third-order valence-corrected chi connectivity index (χ3v) is 3.23. The van der Waals surface area contributed by atoms with Crippen molar-refractivity contribution < 1.29 is 14.7 Å². The molecule has 0 unspecified atom stereocenters. The molecule has 0 saturated heterocycles. The van der Waals surface area contributed by atoms with Gasteiger partial charge in [0.1, 0.15) is 5.54 Å². The summed E-state index contributed by atoms with van der Waals surface area (Å²) in [5.41, 5.74) is 0.989. The lowest BCUT2D eigenvalue weighted by Gasteiger charge is -2.21. The molecule has 0 aromatic heterocycles. The molecule has 0 saturated carbocycles. The van der Waals surface area contributed by atoms with Gasteiger partial charge in [0.2, 0.25) is 0 Å². The van der Waals surface area contributed by atoms with Crippen molar-refractivity contribution in [3.8, 4) is 0 Å². The van der Waals surface area contributed by atoms with Gasteiger partial charge < -0.3 is 15.7 Å². The molecule has 0 aliphatic rings. The summed E-state index contributed by atoms with van der Waals surface area (Å²) in [6.45, 7) is 9.65. The second-order valence-corrected chi connectivity index (χ2v) is 6.68. The molecule has 0 spiro atoms. The van der Waals surface area contributed by atoms with E-state index in [0.29, 0.717) is 6.54 Å². The van der Waals surface area contributed by atoms with E-state index < -0.39 is 17.5 Å². The molecule has 0 atom stereocenters. The van der Waals surface area contributed by atoms with Crippen molar-refractivity contribution in [3.05, 3.63) is 35.4 Å². The van der Waals surface area contributed by atoms with E-state index in [1.54, 1.807) is 0 Å². The summed E-state index contributed by atoms with van der Waals surface area (Å²) < 4.78 is 0. The van der Waals surface area contributed by atoms with Crippen LogP contribution < -0.4 is 10.6 Å². The van der Waals surface area contributed by atoms with Crippen molar-refractivity contribution >= 4 is 12.0 Å². The number of hydrogen-bond donors (Lipinski definition) is 3. The topological polar surface area (TPSA) is 78.4 Å². The Morgan fingerprint density at radius 1 is 1.05 bits per heavy atom. The fraction of sp³-hybridized carbons (Fsp3) is 0.500. The van der Waals surface area contributed by atoms with Crippen LogP contribution in [0.4, 0.5) is 4.79 Å². The largest absolute Gasteiger partial charge is 0.480 e. The van der Waals surface area contributed by atoms with Crippen LogP contribution in [0.25, 0.3) is 0 Å². The standard InChI is InChI=1S/C16H24N2O3/c1-15(2,3)12-8-6-11(7-9-12)10-17-14(21)18-16(4,5)13(19)20/h6-9H,10H2,1-5H3,(H,19,20)(H2,17,18,21). The van der Waals surface area contributed by atoms with Gasteiger partial charge in [0.15, 0.2) is 0 Å². The van der Waals surface area contributed by atoms with Gasteiger partial charge in [-0.25, -0.2) is 9.59 Å². The van der Waals surface area contributed by atoms with Crippen LogP contribution >= 0.6 is 0 Å². The summed E-state index contributed by atoms with van der Waals surface area (Å²) in [6.07, 6.45) is 0. The third kappa shape index (κ3) is 5.10. The molecule has 0 fully saturated rings. The molecule has 0 aliphatic heterocycles. The molecule has 5 nitrogen and oxygen atoms in total. The molecular weight excluding hydrogens is 268 g/mol. The quantitative estimate of drug-likeness (QED) is 0.798. The van der Waals surface area contributed by atoms with Crippen LogP contribution in [0.1, 0.15) is 45.7 Å². The number of rotatable bonds is 4. The minimum absolute atomic E-state index is 0.0921. The lowest BCUT2D eigenvalue weighted by molar-refractivity contribution is -0.142. The normalized spacial score (nSPS) is 11.9. The zero-order valence-corrected chi connectivity index (χ0v) is 13.3. The van der Waals surface area contributed by atoms with Crippen LogP contribution in [-0.4, -0.2) is 22.6 Å². The van der Waals surface area contributed by atoms with Crippen LogP contribution in [0.2, 0.25) is 0 Å². The maximum atomic E-state index is 11.7. The van der Waals surface area contributed by atoms with Gasteiger partial charge in [0.25, 0.3) is 0 Å². The number of benzene rings is 1. The number of urea groups is 1. The minimum Gasteiger partial charge on any atom is -0.480 e. The van der Waals surface area contributed by atoms with Crippen LogP contribution in [0.5, 0.6) is 0 Å². The number of carboxylic acids is 1. The highest BCUT2D eigenvalue weighted by molar-refractivity contribution is 5.85. The average molecular weight is 292 g/mol. The highest BCUT2D eigenvalue weighted by Crippen LogP contribution is 2.22. The van der Waals surface area contributed by atoms with Crippen LogP contribution in [0.3, 0.4) is 0 Å². The van der Waals surface area contributed by atoms with Crippen LogP contribution in [0, 0.1) is 0 Å². The van der Waals surface area contributed by atoms with Gasteiger partial charge in [-0.2, -0.15) is 0 Å². The summed E-state index contributed by atoms with van der Waals surface area (Å²) in [5.74, 6) is -1.08. The first-order chi connectivity index (χ1) is 9.52. The Balaban J connectivity index is 2.56. The summed E-state index contributed by atoms with van der Waals surface area (Å²) in [4.78, 5) is 22.6. The number of carbonyl (C=O) groups is 2. The molecule has 1 aromatic rings. The Kier molecular flexibility index (Phi) is 4.99. The SMILES string of the molecule is CC(C)(NC(=O)NCc1ccc(C(C)(C)C)cc1)C(=O)O. The van der Waals surface area contributed by atoms with Crippen molar-refractivity contribution in [2.45, 2.75) is 52.1 Å². The van der Waals surface area contributed by atoms with E-state index in [2.05, 4.69) is 31.4 Å². The molecule has 1 rings (SSSR count). The van der Waals surface area contributed by atoms with Crippen LogP contribution in [-0.2, 0) is 16.8 Å². The molecule has 0 radical (unpaired) electrons. The first-order valence-electron chi connectivity index (χ1n) is 6.91. The fourth-order valence-electron chi connectivity index (χ4n) is 1.69. The fourth-order valence-corrected chi connectivity index (χ4v) is 1.69. The molecule has 0 bridgehead atoms. The van der Waals surface area contributed by atoms with Crippen molar-refractivity contribution in [1.29, 1.82) is 0 Å². The number of aliphatic carboxylic acids is 1. The van der Waals surface area contributed by atoms with Gasteiger partial charge in [-0.05, 0) is 30.4 Å². The first kappa shape index (κ1) is 17.0. The first-order valence-corrected chi connectivity index (χ1v) is 6.91. The predicted molar refractivity (Wildman–Crippen MR) is 82.2 cm³/mol. The lowest BCUT2D eigenvalue weighted by Crippen LogP contribution is -2.52. The van der Waals surface area contributed by atoms with E-state index in [0.717, 1.165) is 5.56 Å². The second kappa shape index (κ2) is 6.16. The molecule has 21 heavy (non-hydrogen) atoms. The lowest BCUT2D eigenvalue weighted by atomic mass is 9.87. The monoisotopic (exact) mass is 292 g/mol. The summed E-state index contributed by atoms with van der Waals surface area (Å²) >= 11 is 0. The van der Waals surface area contributed by atoms with Crippen LogP contribution in [0.15, 0.2) is 24.3 Å². The van der Waals surface area contributed by atoms with Crippen molar-refractivity contribution in [3.63, 3.8) is 0 Å². The second-order valence-electron chi connectivity index (χ2n) is 6.68. The Morgan fingerprint density at radius 3 is 2.00 bits per heavy atom. The zero-order chi connectivity index (χ0) is 16.3. The van der Waals surface area contributed by atoms with E-state index in [-0.39, 0.29) is 5.41 Å². The Bertz CT molecular complexity index is 513. The van der Waals surface area contributed by atoms with Gasteiger partial charge >= 0.3 is 12.0 Å². The van der Waals surface area contributed by atoms with E-state index >= 15 is 0 Å². The molecule has 0 heterocycles. The number of carboxylic acid groups (broad SMARTS) is 1. The minimum atomic E-state index is -1.29. The van der Waals surface area contributed by atoms with Crippen molar-refractivity contribution in [2.75, 3.05) is 0 Å². The highest BCUT2D eigenvalue weighted by atomic mass is 16.4. The Hall–Kier alpha value is -2.04. The third-order valence-electron chi connectivity index (χ3n) is 3.23. The van der Waals surface area contributed by atoms with Gasteiger partial charge in [-0.1, -0.05) is 45.0 Å². The smallest absolute Gasteiger partial charge is 0.328 e. The molecule has 5 heteroatoms. The van der Waals surface area contributed by atoms with Gasteiger partial charge in [-0.3, -0.25) is 0 Å². The summed E-state index contributed by atoms with van der Waals surface area (Å²) in [5, 5.41) is 14.0. The van der Waals surface area contributed by atoms with E-state index in [1.807, 2.05) is 24.3 Å². The summed E-state index contributed by atoms with van der Waals surface area (Å²) in [7, 11) is 0.